The van der Waals surface area contributed by atoms with E-state index in [1.54, 1.807) is 12.3 Å². The molecule has 1 aromatic carbocycles. The molecule has 0 unspecified atom stereocenters. The summed E-state index contributed by atoms with van der Waals surface area (Å²) in [5.74, 6) is 2.20. The van der Waals surface area contributed by atoms with Gasteiger partial charge < -0.3 is 20.5 Å². The first-order valence-electron chi connectivity index (χ1n) is 5.80. The Labute approximate surface area is 118 Å². The van der Waals surface area contributed by atoms with Crippen molar-refractivity contribution in [1.82, 2.24) is 4.98 Å². The molecule has 0 amide bonds. The number of halogens is 1. The molecule has 3 N–H and O–H groups in total. The lowest BCUT2D eigenvalue weighted by atomic mass is 10.2. The smallest absolute Gasteiger partial charge is 0.163 e. The zero-order valence-electron chi connectivity index (χ0n) is 10.0. The zero-order valence-corrected chi connectivity index (χ0v) is 11.6. The van der Waals surface area contributed by atoms with Gasteiger partial charge in [-0.15, -0.1) is 0 Å². The Bertz CT molecular complexity index is 619. The number of hydrogen-bond acceptors (Lipinski definition) is 5. The highest BCUT2D eigenvalue weighted by Gasteiger charge is 2.12. The molecule has 0 atom stereocenters. The van der Waals surface area contributed by atoms with E-state index in [9.17, 15) is 0 Å². The van der Waals surface area contributed by atoms with Crippen molar-refractivity contribution in [1.29, 1.82) is 0 Å². The Kier molecular flexibility index (Phi) is 3.16. The molecule has 0 saturated carbocycles. The summed E-state index contributed by atoms with van der Waals surface area (Å²) in [6, 6.07) is 7.48. The van der Waals surface area contributed by atoms with Crippen molar-refractivity contribution >= 4 is 33.1 Å². The van der Waals surface area contributed by atoms with Crippen LogP contribution in [0.15, 0.2) is 34.9 Å². The zero-order chi connectivity index (χ0) is 13.2. The van der Waals surface area contributed by atoms with Crippen LogP contribution in [0.4, 0.5) is 17.2 Å². The number of hydrogen-bond donors (Lipinski definition) is 2. The molecule has 0 aliphatic carbocycles. The maximum absolute atomic E-state index is 5.66. The summed E-state index contributed by atoms with van der Waals surface area (Å²) < 4.78 is 11.8. The molecule has 6 heteroatoms. The fourth-order valence-electron chi connectivity index (χ4n) is 1.80. The SMILES string of the molecule is Nc1cnc(Nc2ccc3c(c2)OCCO3)c(Br)c1. The van der Waals surface area contributed by atoms with E-state index in [1.165, 1.54) is 0 Å². The van der Waals surface area contributed by atoms with Crippen LogP contribution in [-0.2, 0) is 0 Å². The predicted octanol–water partition coefficient (Wildman–Crippen LogP) is 2.94. The van der Waals surface area contributed by atoms with Gasteiger partial charge in [0.05, 0.1) is 16.4 Å². The number of nitrogen functional groups attached to an aromatic ring is 1. The third-order valence-electron chi connectivity index (χ3n) is 2.67. The highest BCUT2D eigenvalue weighted by molar-refractivity contribution is 9.10. The topological polar surface area (TPSA) is 69.4 Å². The minimum Gasteiger partial charge on any atom is -0.486 e. The van der Waals surface area contributed by atoms with Gasteiger partial charge in [-0.25, -0.2) is 4.98 Å². The van der Waals surface area contributed by atoms with Crippen LogP contribution in [0.25, 0.3) is 0 Å². The summed E-state index contributed by atoms with van der Waals surface area (Å²) in [5.41, 5.74) is 7.14. The van der Waals surface area contributed by atoms with Crippen LogP contribution < -0.4 is 20.5 Å². The summed E-state index contributed by atoms with van der Waals surface area (Å²) in [5, 5.41) is 3.20. The molecule has 0 radical (unpaired) electrons. The lowest BCUT2D eigenvalue weighted by molar-refractivity contribution is 0.171. The molecule has 1 aliphatic rings. The van der Waals surface area contributed by atoms with Crippen molar-refractivity contribution in [3.05, 3.63) is 34.9 Å². The van der Waals surface area contributed by atoms with Crippen LogP contribution in [-0.4, -0.2) is 18.2 Å². The monoisotopic (exact) mass is 321 g/mol. The highest BCUT2D eigenvalue weighted by Crippen LogP contribution is 2.34. The van der Waals surface area contributed by atoms with Crippen molar-refractivity contribution in [2.24, 2.45) is 0 Å². The minimum absolute atomic E-state index is 0.570. The number of nitrogens with two attached hydrogens (primary N) is 1. The van der Waals surface area contributed by atoms with Gasteiger partial charge in [0, 0.05) is 11.8 Å². The molecular formula is C13H12BrN3O2. The normalized spacial score (nSPS) is 13.1. The Morgan fingerprint density at radius 1 is 1.16 bits per heavy atom. The Balaban J connectivity index is 1.87. The molecule has 1 aliphatic heterocycles. The van der Waals surface area contributed by atoms with Gasteiger partial charge in [0.25, 0.3) is 0 Å². The number of ether oxygens (including phenoxy) is 2. The third kappa shape index (κ3) is 2.58. The van der Waals surface area contributed by atoms with Crippen molar-refractivity contribution < 1.29 is 9.47 Å². The number of anilines is 3. The quantitative estimate of drug-likeness (QED) is 0.890. The first kappa shape index (κ1) is 12.1. The third-order valence-corrected chi connectivity index (χ3v) is 3.27. The van der Waals surface area contributed by atoms with Crippen molar-refractivity contribution in [2.45, 2.75) is 0 Å². The van der Waals surface area contributed by atoms with Gasteiger partial charge in [0.2, 0.25) is 0 Å². The van der Waals surface area contributed by atoms with E-state index in [2.05, 4.69) is 26.2 Å². The summed E-state index contributed by atoms with van der Waals surface area (Å²) in [4.78, 5) is 4.23. The number of nitrogens with one attached hydrogen (secondary N) is 1. The van der Waals surface area contributed by atoms with E-state index < -0.39 is 0 Å². The van der Waals surface area contributed by atoms with E-state index in [0.717, 1.165) is 21.7 Å². The second-order valence-corrected chi connectivity index (χ2v) is 4.94. The molecule has 5 nitrogen and oxygen atoms in total. The summed E-state index contributed by atoms with van der Waals surface area (Å²) >= 11 is 3.42. The molecule has 2 heterocycles. The second kappa shape index (κ2) is 4.97. The standard InChI is InChI=1S/C13H12BrN3O2/c14-10-5-8(15)7-16-13(10)17-9-1-2-11-12(6-9)19-4-3-18-11/h1-2,5-7H,3-4,15H2,(H,16,17). The molecule has 0 fully saturated rings. The van der Waals surface area contributed by atoms with Gasteiger partial charge in [-0.05, 0) is 34.1 Å². The van der Waals surface area contributed by atoms with Crippen LogP contribution in [0.3, 0.4) is 0 Å². The van der Waals surface area contributed by atoms with E-state index in [1.807, 2.05) is 18.2 Å². The molecule has 0 bridgehead atoms. The molecule has 0 spiro atoms. The van der Waals surface area contributed by atoms with Crippen LogP contribution >= 0.6 is 15.9 Å². The van der Waals surface area contributed by atoms with Crippen LogP contribution in [0, 0.1) is 0 Å². The molecule has 3 rings (SSSR count). The fraction of sp³-hybridized carbons (Fsp3) is 0.154. The maximum atomic E-state index is 5.66. The van der Waals surface area contributed by atoms with Gasteiger partial charge in [0.1, 0.15) is 19.0 Å². The summed E-state index contributed by atoms with van der Waals surface area (Å²) in [6.07, 6.45) is 1.60. The van der Waals surface area contributed by atoms with E-state index in [4.69, 9.17) is 15.2 Å². The molecule has 19 heavy (non-hydrogen) atoms. The summed E-state index contributed by atoms with van der Waals surface area (Å²) in [6.45, 7) is 1.16. The lowest BCUT2D eigenvalue weighted by Gasteiger charge is -2.19. The van der Waals surface area contributed by atoms with Gasteiger partial charge in [-0.1, -0.05) is 0 Å². The number of pyridine rings is 1. The predicted molar refractivity (Wildman–Crippen MR) is 77.1 cm³/mol. The highest BCUT2D eigenvalue weighted by atomic mass is 79.9. The molecular weight excluding hydrogens is 310 g/mol. The van der Waals surface area contributed by atoms with Gasteiger partial charge in [0.15, 0.2) is 11.5 Å². The van der Waals surface area contributed by atoms with Gasteiger partial charge >= 0.3 is 0 Å². The molecule has 1 aromatic heterocycles. The molecule has 0 saturated heterocycles. The number of nitrogens with zero attached hydrogens (tertiary/aromatic N) is 1. The summed E-state index contributed by atoms with van der Waals surface area (Å²) in [7, 11) is 0. The first-order valence-corrected chi connectivity index (χ1v) is 6.59. The number of benzene rings is 1. The average molecular weight is 322 g/mol. The average Bonchev–Trinajstić information content (AvgIpc) is 2.42. The first-order chi connectivity index (χ1) is 9.22. The van der Waals surface area contributed by atoms with Crippen molar-refractivity contribution in [2.75, 3.05) is 24.3 Å². The van der Waals surface area contributed by atoms with Gasteiger partial charge in [-0.2, -0.15) is 0 Å². The Morgan fingerprint density at radius 2 is 1.95 bits per heavy atom. The minimum atomic E-state index is 0.570. The Hall–Kier alpha value is -1.95. The Morgan fingerprint density at radius 3 is 2.74 bits per heavy atom. The van der Waals surface area contributed by atoms with Crippen molar-refractivity contribution in [3.63, 3.8) is 0 Å². The van der Waals surface area contributed by atoms with E-state index in [-0.39, 0.29) is 0 Å². The van der Waals surface area contributed by atoms with Crippen molar-refractivity contribution in [3.8, 4) is 11.5 Å². The van der Waals surface area contributed by atoms with E-state index >= 15 is 0 Å². The van der Waals surface area contributed by atoms with Crippen LogP contribution in [0.5, 0.6) is 11.5 Å². The number of aromatic nitrogens is 1. The molecule has 98 valence electrons. The fourth-order valence-corrected chi connectivity index (χ4v) is 2.27. The second-order valence-electron chi connectivity index (χ2n) is 4.08. The van der Waals surface area contributed by atoms with E-state index in [0.29, 0.717) is 24.7 Å². The van der Waals surface area contributed by atoms with Gasteiger partial charge in [-0.3, -0.25) is 0 Å². The van der Waals surface area contributed by atoms with Crippen LogP contribution in [0.2, 0.25) is 0 Å². The molecule has 2 aromatic rings. The van der Waals surface area contributed by atoms with Crippen LogP contribution in [0.1, 0.15) is 0 Å². The number of fused-ring (bicyclic) bond motifs is 1. The lowest BCUT2D eigenvalue weighted by Crippen LogP contribution is -2.15. The number of rotatable bonds is 2. The maximum Gasteiger partial charge on any atom is 0.163 e. The largest absolute Gasteiger partial charge is 0.486 e.